The van der Waals surface area contributed by atoms with Gasteiger partial charge in [0.2, 0.25) is 0 Å². The second kappa shape index (κ2) is 6.88. The molecular formula is C20H22BNO. The van der Waals surface area contributed by atoms with Crippen LogP contribution in [0.5, 0.6) is 5.75 Å². The largest absolute Gasteiger partial charge is 0.554 e. The maximum atomic E-state index is 6.39. The van der Waals surface area contributed by atoms with Crippen LogP contribution in [0.15, 0.2) is 72.8 Å². The number of nitrogens with zero attached hydrogens (tertiary/aromatic N) is 1. The normalized spacial score (nSPS) is 12.3. The third kappa shape index (κ3) is 3.40. The van der Waals surface area contributed by atoms with Crippen LogP contribution in [0.3, 0.4) is 0 Å². The van der Waals surface area contributed by atoms with E-state index in [4.69, 9.17) is 4.65 Å². The Balaban J connectivity index is 2.06. The molecule has 1 atom stereocenters. The maximum Gasteiger partial charge on any atom is 0.409 e. The minimum atomic E-state index is -0.0292. The van der Waals surface area contributed by atoms with Crippen molar-refractivity contribution < 1.29 is 4.65 Å². The summed E-state index contributed by atoms with van der Waals surface area (Å²) in [5.41, 5.74) is 1.23. The van der Waals surface area contributed by atoms with Gasteiger partial charge in [-0.1, -0.05) is 67.6 Å². The van der Waals surface area contributed by atoms with Gasteiger partial charge in [0, 0.05) is 5.94 Å². The molecule has 0 aliphatic heterocycles. The van der Waals surface area contributed by atoms with Crippen molar-refractivity contribution in [3.63, 3.8) is 0 Å². The van der Waals surface area contributed by atoms with Crippen LogP contribution in [0.25, 0.3) is 10.8 Å². The first-order valence-electron chi connectivity index (χ1n) is 8.02. The zero-order chi connectivity index (χ0) is 16.2. The number of benzene rings is 3. The molecule has 116 valence electrons. The molecule has 0 aromatic heterocycles. The molecule has 0 bridgehead atoms. The Morgan fingerprint density at radius 2 is 1.48 bits per heavy atom. The molecule has 0 saturated heterocycles. The van der Waals surface area contributed by atoms with Crippen LogP contribution in [-0.2, 0) is 0 Å². The Morgan fingerprint density at radius 3 is 2.22 bits per heavy atom. The first-order chi connectivity index (χ1) is 11.2. The average Bonchev–Trinajstić information content (AvgIpc) is 2.59. The molecule has 3 aromatic carbocycles. The summed E-state index contributed by atoms with van der Waals surface area (Å²) in [6.07, 6.45) is 0. The van der Waals surface area contributed by atoms with Gasteiger partial charge in [-0.25, -0.2) is 0 Å². The lowest BCUT2D eigenvalue weighted by atomic mass is 9.53. The van der Waals surface area contributed by atoms with Crippen LogP contribution in [-0.4, -0.2) is 31.9 Å². The van der Waals surface area contributed by atoms with E-state index in [1.807, 2.05) is 30.3 Å². The lowest BCUT2D eigenvalue weighted by Crippen LogP contribution is -2.52. The standard InChI is InChI=1S/C20H22BNO/c1-16(22(2)3)21(23-18-12-5-4-6-13-18)20-15-9-11-17-10-7-8-14-19(17)20/h4-16H,1-3H3. The van der Waals surface area contributed by atoms with Gasteiger partial charge >= 0.3 is 6.92 Å². The quantitative estimate of drug-likeness (QED) is 0.668. The maximum absolute atomic E-state index is 6.39. The van der Waals surface area contributed by atoms with Crippen molar-refractivity contribution in [2.75, 3.05) is 14.1 Å². The Kier molecular flexibility index (Phi) is 4.68. The zero-order valence-electron chi connectivity index (χ0n) is 13.9. The van der Waals surface area contributed by atoms with Crippen LogP contribution in [0.1, 0.15) is 6.92 Å². The second-order valence-corrected chi connectivity index (χ2v) is 6.12. The topological polar surface area (TPSA) is 12.5 Å². The van der Waals surface area contributed by atoms with Gasteiger partial charge in [0.05, 0.1) is 5.75 Å². The van der Waals surface area contributed by atoms with Crippen LogP contribution in [0.2, 0.25) is 0 Å². The van der Waals surface area contributed by atoms with E-state index in [0.29, 0.717) is 0 Å². The van der Waals surface area contributed by atoms with Crippen molar-refractivity contribution in [2.45, 2.75) is 12.9 Å². The Bertz CT molecular complexity index is 767. The summed E-state index contributed by atoms with van der Waals surface area (Å²) in [5, 5.41) is 2.50. The summed E-state index contributed by atoms with van der Waals surface area (Å²) >= 11 is 0. The van der Waals surface area contributed by atoms with Crippen molar-refractivity contribution in [3.8, 4) is 5.75 Å². The van der Waals surface area contributed by atoms with Crippen LogP contribution < -0.4 is 10.1 Å². The molecule has 23 heavy (non-hydrogen) atoms. The predicted molar refractivity (Wildman–Crippen MR) is 99.6 cm³/mol. The van der Waals surface area contributed by atoms with E-state index in [1.165, 1.54) is 16.2 Å². The van der Waals surface area contributed by atoms with Crippen LogP contribution in [0.4, 0.5) is 0 Å². The van der Waals surface area contributed by atoms with Crippen molar-refractivity contribution in [1.82, 2.24) is 4.90 Å². The summed E-state index contributed by atoms with van der Waals surface area (Å²) in [7, 11) is 4.19. The van der Waals surface area contributed by atoms with E-state index in [2.05, 4.69) is 68.4 Å². The zero-order valence-corrected chi connectivity index (χ0v) is 13.9. The molecule has 3 aromatic rings. The fourth-order valence-corrected chi connectivity index (χ4v) is 2.84. The molecule has 1 unspecified atom stereocenters. The van der Waals surface area contributed by atoms with Gasteiger partial charge in [0.1, 0.15) is 0 Å². The van der Waals surface area contributed by atoms with E-state index >= 15 is 0 Å². The lowest BCUT2D eigenvalue weighted by Gasteiger charge is -2.28. The molecule has 0 fully saturated rings. The van der Waals surface area contributed by atoms with E-state index < -0.39 is 0 Å². The van der Waals surface area contributed by atoms with Gasteiger partial charge < -0.3 is 9.55 Å². The number of hydrogen-bond acceptors (Lipinski definition) is 2. The van der Waals surface area contributed by atoms with E-state index in [9.17, 15) is 0 Å². The molecule has 3 rings (SSSR count). The minimum Gasteiger partial charge on any atom is -0.554 e. The minimum absolute atomic E-state index is 0.0292. The third-order valence-electron chi connectivity index (χ3n) is 4.39. The highest BCUT2D eigenvalue weighted by molar-refractivity contribution is 6.72. The van der Waals surface area contributed by atoms with Crippen molar-refractivity contribution in [2.24, 2.45) is 0 Å². The van der Waals surface area contributed by atoms with E-state index in [-0.39, 0.29) is 12.9 Å². The Labute approximate surface area is 138 Å². The SMILES string of the molecule is CC(B(Oc1ccccc1)c1cccc2ccccc12)N(C)C. The lowest BCUT2D eigenvalue weighted by molar-refractivity contribution is 0.365. The number of fused-ring (bicyclic) bond motifs is 1. The molecule has 0 aliphatic carbocycles. The number of hydrogen-bond donors (Lipinski definition) is 0. The van der Waals surface area contributed by atoms with Crippen molar-refractivity contribution in [1.29, 1.82) is 0 Å². The van der Waals surface area contributed by atoms with Crippen molar-refractivity contribution >= 4 is 23.2 Å². The molecule has 3 heteroatoms. The Hall–Kier alpha value is -2.26. The monoisotopic (exact) mass is 303 g/mol. The fraction of sp³-hybridized carbons (Fsp3) is 0.200. The summed E-state index contributed by atoms with van der Waals surface area (Å²) in [4.78, 5) is 2.20. The summed E-state index contributed by atoms with van der Waals surface area (Å²) in [5.74, 6) is 1.15. The molecule has 0 aliphatic rings. The van der Waals surface area contributed by atoms with Gasteiger partial charge in [0.15, 0.2) is 0 Å². The van der Waals surface area contributed by atoms with E-state index in [0.717, 1.165) is 5.75 Å². The van der Waals surface area contributed by atoms with Gasteiger partial charge in [-0.2, -0.15) is 0 Å². The molecule has 0 N–H and O–H groups in total. The third-order valence-corrected chi connectivity index (χ3v) is 4.39. The van der Waals surface area contributed by atoms with Crippen LogP contribution >= 0.6 is 0 Å². The van der Waals surface area contributed by atoms with Gasteiger partial charge in [0.25, 0.3) is 0 Å². The molecular weight excluding hydrogens is 281 g/mol. The first-order valence-corrected chi connectivity index (χ1v) is 8.02. The number of para-hydroxylation sites is 1. The van der Waals surface area contributed by atoms with Crippen LogP contribution in [0, 0.1) is 0 Å². The van der Waals surface area contributed by atoms with Gasteiger partial charge in [-0.15, -0.1) is 0 Å². The van der Waals surface area contributed by atoms with Gasteiger partial charge in [-0.3, -0.25) is 0 Å². The molecule has 0 radical (unpaired) electrons. The van der Waals surface area contributed by atoms with Gasteiger partial charge in [-0.05, 0) is 42.5 Å². The van der Waals surface area contributed by atoms with E-state index in [1.54, 1.807) is 0 Å². The highest BCUT2D eigenvalue weighted by atomic mass is 16.4. The molecule has 2 nitrogen and oxygen atoms in total. The number of rotatable bonds is 5. The highest BCUT2D eigenvalue weighted by Gasteiger charge is 2.31. The second-order valence-electron chi connectivity index (χ2n) is 6.12. The smallest absolute Gasteiger partial charge is 0.409 e. The molecule has 0 amide bonds. The summed E-state index contributed by atoms with van der Waals surface area (Å²) < 4.78 is 6.39. The molecule has 0 heterocycles. The average molecular weight is 303 g/mol. The highest BCUT2D eigenvalue weighted by Crippen LogP contribution is 2.17. The first kappa shape index (κ1) is 15.6. The summed E-state index contributed by atoms with van der Waals surface area (Å²) in [6, 6.07) is 25.0. The van der Waals surface area contributed by atoms with Crippen molar-refractivity contribution in [3.05, 3.63) is 72.8 Å². The molecule has 0 spiro atoms. The summed E-state index contributed by atoms with van der Waals surface area (Å²) in [6.45, 7) is 2.17. The predicted octanol–water partition coefficient (Wildman–Crippen LogP) is 3.61. The fourth-order valence-electron chi connectivity index (χ4n) is 2.84. The Morgan fingerprint density at radius 1 is 0.826 bits per heavy atom. The molecule has 0 saturated carbocycles.